The predicted octanol–water partition coefficient (Wildman–Crippen LogP) is 1.83. The number of nitrogens with one attached hydrogen (secondary N) is 1. The number of fused-ring (bicyclic) bond motifs is 1. The number of methoxy groups -OCH3 is 1. The van der Waals surface area contributed by atoms with Gasteiger partial charge in [-0.05, 0) is 0 Å². The molecule has 0 spiro atoms. The van der Waals surface area contributed by atoms with Gasteiger partial charge in [-0.15, -0.1) is 0 Å². The third-order valence-corrected chi connectivity index (χ3v) is 5.29. The van der Waals surface area contributed by atoms with Crippen LogP contribution < -0.4 is 15.0 Å². The van der Waals surface area contributed by atoms with Crippen molar-refractivity contribution in [2.24, 2.45) is 0 Å². The van der Waals surface area contributed by atoms with Gasteiger partial charge in [-0.25, -0.2) is 0 Å². The van der Waals surface area contributed by atoms with Crippen molar-refractivity contribution in [2.75, 3.05) is 31.4 Å². The molecule has 3 aromatic rings. The molecule has 0 radical (unpaired) electrons. The van der Waals surface area contributed by atoms with E-state index in [0.717, 1.165) is 26.7 Å². The van der Waals surface area contributed by atoms with Crippen LogP contribution in [0.25, 0.3) is 11.0 Å². The molecule has 0 amide bonds. The summed E-state index contributed by atoms with van der Waals surface area (Å²) in [5, 5.41) is 4.35. The van der Waals surface area contributed by atoms with Crippen molar-refractivity contribution in [3.63, 3.8) is 0 Å². The maximum atomic E-state index is 5.35. The molecule has 0 aliphatic carbocycles. The van der Waals surface area contributed by atoms with Crippen LogP contribution in [0.4, 0.5) is 10.8 Å². The zero-order valence-corrected chi connectivity index (χ0v) is 14.5. The van der Waals surface area contributed by atoms with Crippen molar-refractivity contribution in [1.82, 2.24) is 12.9 Å². The van der Waals surface area contributed by atoms with Crippen LogP contribution >= 0.6 is 11.3 Å². The van der Waals surface area contributed by atoms with Gasteiger partial charge in [-0.1, -0.05) is 0 Å². The van der Waals surface area contributed by atoms with Gasteiger partial charge in [0.05, 0.1) is 0 Å². The predicted molar refractivity (Wildman–Crippen MR) is 86.8 cm³/mol. The first-order chi connectivity index (χ1) is 10.2. The minimum atomic E-state index is -0.0135. The average Bonchev–Trinajstić information content (AvgIpc) is 3.11. The second-order valence-electron chi connectivity index (χ2n) is 4.61. The second-order valence-corrected chi connectivity index (χ2v) is 6.79. The van der Waals surface area contributed by atoms with Gasteiger partial charge in [0.25, 0.3) is 0 Å². The van der Waals surface area contributed by atoms with Crippen LogP contribution in [-0.4, -0.2) is 49.1 Å². The van der Waals surface area contributed by atoms with Gasteiger partial charge in [0, 0.05) is 0 Å². The molecular weight excluding hydrogens is 353 g/mol. The van der Waals surface area contributed by atoms with E-state index in [4.69, 9.17) is 4.74 Å². The summed E-state index contributed by atoms with van der Waals surface area (Å²) in [5.74, 6) is 0.676. The topological polar surface area (TPSA) is 63.2 Å². The Kier molecular flexibility index (Phi) is 4.10. The quantitative estimate of drug-likeness (QED) is 0.694. The molecule has 0 aliphatic heterocycles. The van der Waals surface area contributed by atoms with E-state index in [-0.39, 0.29) is 15.0 Å². The van der Waals surface area contributed by atoms with Crippen LogP contribution in [0.15, 0.2) is 18.2 Å². The summed E-state index contributed by atoms with van der Waals surface area (Å²) in [6.07, 6.45) is 0. The van der Waals surface area contributed by atoms with Crippen molar-refractivity contribution >= 4 is 48.2 Å². The van der Waals surface area contributed by atoms with Crippen molar-refractivity contribution in [1.29, 1.82) is 0 Å². The first-order valence-corrected chi connectivity index (χ1v) is 8.70. The summed E-state index contributed by atoms with van der Waals surface area (Å²) in [5.41, 5.74) is 2.96. The summed E-state index contributed by atoms with van der Waals surface area (Å²) in [6, 6.07) is 6.02. The van der Waals surface area contributed by atoms with Gasteiger partial charge in [-0.2, -0.15) is 0 Å². The Hall–Kier alpha value is -1.63. The standard InChI is InChI=1S/C13H15N5OSSe/c1-18(2)13-15-12(19-3)10(20-13)7-14-8-5-4-6-9-11(8)17-21-16-9/h4-6,14H,7H2,1-3H3. The molecule has 0 unspecified atom stereocenters. The van der Waals surface area contributed by atoms with Gasteiger partial charge < -0.3 is 0 Å². The fourth-order valence-electron chi connectivity index (χ4n) is 1.91. The molecule has 1 N–H and O–H groups in total. The van der Waals surface area contributed by atoms with Gasteiger partial charge >= 0.3 is 133 Å². The normalized spacial score (nSPS) is 10.8. The summed E-state index contributed by atoms with van der Waals surface area (Å²) in [7, 11) is 5.60. The Labute approximate surface area is 133 Å². The second kappa shape index (κ2) is 6.01. The number of benzene rings is 1. The zero-order chi connectivity index (χ0) is 14.8. The summed E-state index contributed by atoms with van der Waals surface area (Å²) >= 11 is 1.61. The SMILES string of the molecule is COc1nc(N(C)C)sc1CNc1cccc2n[se]nc12. The molecule has 21 heavy (non-hydrogen) atoms. The van der Waals surface area contributed by atoms with Gasteiger partial charge in [0.2, 0.25) is 0 Å². The summed E-state index contributed by atoms with van der Waals surface area (Å²) < 4.78 is 14.2. The van der Waals surface area contributed by atoms with E-state index in [1.807, 2.05) is 37.2 Å². The number of anilines is 2. The summed E-state index contributed by atoms with van der Waals surface area (Å²) in [6.45, 7) is 0.660. The molecule has 0 bridgehead atoms. The van der Waals surface area contributed by atoms with Crippen molar-refractivity contribution in [3.05, 3.63) is 23.1 Å². The molecule has 0 saturated carbocycles. The van der Waals surface area contributed by atoms with E-state index < -0.39 is 0 Å². The number of thiazole rings is 1. The van der Waals surface area contributed by atoms with Crippen LogP contribution in [0.2, 0.25) is 0 Å². The number of hydrogen-bond donors (Lipinski definition) is 1. The van der Waals surface area contributed by atoms with Crippen molar-refractivity contribution in [2.45, 2.75) is 6.54 Å². The van der Waals surface area contributed by atoms with E-state index in [1.54, 1.807) is 18.4 Å². The third kappa shape index (κ3) is 2.88. The molecule has 6 nitrogen and oxygen atoms in total. The molecule has 2 heterocycles. The van der Waals surface area contributed by atoms with Crippen molar-refractivity contribution < 1.29 is 4.74 Å². The fourth-order valence-corrected chi connectivity index (χ4v) is 3.96. The van der Waals surface area contributed by atoms with Gasteiger partial charge in [-0.3, -0.25) is 0 Å². The number of hydrogen-bond acceptors (Lipinski definition) is 7. The van der Waals surface area contributed by atoms with Crippen LogP contribution in [0.5, 0.6) is 5.88 Å². The van der Waals surface area contributed by atoms with Crippen LogP contribution in [0.3, 0.4) is 0 Å². The third-order valence-electron chi connectivity index (χ3n) is 2.95. The van der Waals surface area contributed by atoms with E-state index in [1.165, 1.54) is 0 Å². The zero-order valence-electron chi connectivity index (χ0n) is 12.0. The molecule has 0 atom stereocenters. The van der Waals surface area contributed by atoms with E-state index in [0.29, 0.717) is 12.4 Å². The molecule has 2 aromatic heterocycles. The van der Waals surface area contributed by atoms with Crippen molar-refractivity contribution in [3.8, 4) is 5.88 Å². The fraction of sp³-hybridized carbons (Fsp3) is 0.308. The van der Waals surface area contributed by atoms with Gasteiger partial charge in [0.15, 0.2) is 0 Å². The first-order valence-electron chi connectivity index (χ1n) is 6.35. The number of ether oxygens (including phenoxy) is 1. The van der Waals surface area contributed by atoms with Crippen LogP contribution in [0.1, 0.15) is 4.88 Å². The van der Waals surface area contributed by atoms with Gasteiger partial charge in [0.1, 0.15) is 0 Å². The molecule has 0 fully saturated rings. The Bertz CT molecular complexity index is 754. The van der Waals surface area contributed by atoms with E-state index in [2.05, 4.69) is 18.3 Å². The van der Waals surface area contributed by atoms with Crippen LogP contribution in [-0.2, 0) is 6.54 Å². The Morgan fingerprint density at radius 1 is 1.33 bits per heavy atom. The number of rotatable bonds is 5. The summed E-state index contributed by atoms with van der Waals surface area (Å²) in [4.78, 5) is 7.50. The van der Waals surface area contributed by atoms with E-state index >= 15 is 0 Å². The Morgan fingerprint density at radius 2 is 2.19 bits per heavy atom. The average molecular weight is 368 g/mol. The Balaban J connectivity index is 1.83. The Morgan fingerprint density at radius 3 is 2.95 bits per heavy atom. The number of nitrogens with zero attached hydrogens (tertiary/aromatic N) is 4. The monoisotopic (exact) mass is 369 g/mol. The molecule has 110 valence electrons. The molecule has 3 rings (SSSR count). The van der Waals surface area contributed by atoms with E-state index in [9.17, 15) is 0 Å². The maximum absolute atomic E-state index is 5.35. The minimum absolute atomic E-state index is 0.0135. The first kappa shape index (κ1) is 14.3. The molecule has 0 aliphatic rings. The molecule has 0 saturated heterocycles. The molecule has 8 heteroatoms. The molecular formula is C13H15N5OSSe. The molecule has 1 aromatic carbocycles. The van der Waals surface area contributed by atoms with Crippen LogP contribution in [0, 0.1) is 0 Å². The number of aromatic nitrogens is 3.